The molecule has 1 heterocycles. The first-order chi connectivity index (χ1) is 13.5. The van der Waals surface area contributed by atoms with Crippen LogP contribution < -0.4 is 15.5 Å². The van der Waals surface area contributed by atoms with E-state index in [1.165, 1.54) is 6.92 Å². The fourth-order valence-corrected chi connectivity index (χ4v) is 3.41. The largest absolute Gasteiger partial charge is 0.360 e. The van der Waals surface area contributed by atoms with E-state index >= 15 is 0 Å². The molecule has 28 heavy (non-hydrogen) atoms. The van der Waals surface area contributed by atoms with Crippen molar-refractivity contribution in [3.05, 3.63) is 89.5 Å². The van der Waals surface area contributed by atoms with Crippen LogP contribution in [0.2, 0.25) is 0 Å². The minimum Gasteiger partial charge on any atom is -0.360 e. The molecule has 0 spiro atoms. The zero-order chi connectivity index (χ0) is 19.7. The zero-order valence-corrected chi connectivity index (χ0v) is 15.8. The number of aryl methyl sites for hydroxylation is 1. The lowest BCUT2D eigenvalue weighted by molar-refractivity contribution is -0.114. The zero-order valence-electron chi connectivity index (χ0n) is 15.8. The van der Waals surface area contributed by atoms with E-state index in [4.69, 9.17) is 0 Å². The van der Waals surface area contributed by atoms with Gasteiger partial charge >= 0.3 is 0 Å². The van der Waals surface area contributed by atoms with Gasteiger partial charge in [0.25, 0.3) is 5.91 Å². The van der Waals surface area contributed by atoms with E-state index in [1.54, 1.807) is 17.0 Å². The number of hydrogen-bond acceptors (Lipinski definition) is 3. The van der Waals surface area contributed by atoms with Gasteiger partial charge in [0.2, 0.25) is 5.91 Å². The van der Waals surface area contributed by atoms with Gasteiger partial charge in [-0.3, -0.25) is 14.5 Å². The van der Waals surface area contributed by atoms with Crippen LogP contribution in [0.15, 0.2) is 72.8 Å². The van der Waals surface area contributed by atoms with Crippen molar-refractivity contribution in [1.82, 2.24) is 0 Å². The van der Waals surface area contributed by atoms with Crippen LogP contribution in [0, 0.1) is 6.92 Å². The molecule has 0 aromatic heterocycles. The molecule has 5 nitrogen and oxygen atoms in total. The van der Waals surface area contributed by atoms with Crippen LogP contribution in [0.4, 0.5) is 17.1 Å². The number of rotatable bonds is 3. The summed E-state index contributed by atoms with van der Waals surface area (Å²) in [5.41, 5.74) is 5.07. The summed E-state index contributed by atoms with van der Waals surface area (Å²) in [5.74, 6) is -0.192. The van der Waals surface area contributed by atoms with Gasteiger partial charge in [-0.2, -0.15) is 0 Å². The molecule has 5 heteroatoms. The highest BCUT2D eigenvalue weighted by Crippen LogP contribution is 2.37. The molecule has 0 radical (unpaired) electrons. The number of nitrogens with zero attached hydrogens (tertiary/aromatic N) is 1. The summed E-state index contributed by atoms with van der Waals surface area (Å²) in [6.45, 7) is 3.51. The number of hydrogen-bond donors (Lipinski definition) is 2. The van der Waals surface area contributed by atoms with Gasteiger partial charge in [0.1, 0.15) is 6.17 Å². The fraction of sp³-hybridized carbons (Fsp3) is 0.130. The van der Waals surface area contributed by atoms with Crippen molar-refractivity contribution >= 4 is 28.9 Å². The third-order valence-corrected chi connectivity index (χ3v) is 4.79. The van der Waals surface area contributed by atoms with E-state index in [0.717, 1.165) is 22.5 Å². The number of amides is 2. The third kappa shape index (κ3) is 3.34. The lowest BCUT2D eigenvalue weighted by Crippen LogP contribution is -2.43. The van der Waals surface area contributed by atoms with E-state index in [1.807, 2.05) is 67.6 Å². The van der Waals surface area contributed by atoms with Crippen molar-refractivity contribution in [3.63, 3.8) is 0 Å². The molecule has 4 rings (SSSR count). The van der Waals surface area contributed by atoms with Gasteiger partial charge in [-0.05, 0) is 48.9 Å². The lowest BCUT2D eigenvalue weighted by Gasteiger charge is -2.38. The third-order valence-electron chi connectivity index (χ3n) is 4.79. The summed E-state index contributed by atoms with van der Waals surface area (Å²) in [6.07, 6.45) is -0.324. The van der Waals surface area contributed by atoms with Gasteiger partial charge in [-0.15, -0.1) is 0 Å². The maximum Gasteiger partial charge on any atom is 0.262 e. The van der Waals surface area contributed by atoms with Crippen LogP contribution >= 0.6 is 0 Å². The molecule has 1 unspecified atom stereocenters. The Kier molecular flexibility index (Phi) is 4.57. The highest BCUT2D eigenvalue weighted by atomic mass is 16.2. The minimum absolute atomic E-state index is 0.0628. The summed E-state index contributed by atoms with van der Waals surface area (Å²) < 4.78 is 0. The number of carbonyl (C=O) groups excluding carboxylic acids is 2. The van der Waals surface area contributed by atoms with Crippen molar-refractivity contribution in [2.24, 2.45) is 0 Å². The molecule has 0 bridgehead atoms. The Balaban J connectivity index is 1.77. The Morgan fingerprint density at radius 2 is 1.64 bits per heavy atom. The average molecular weight is 371 g/mol. The Morgan fingerprint density at radius 1 is 0.964 bits per heavy atom. The molecule has 1 atom stereocenters. The van der Waals surface area contributed by atoms with Crippen molar-refractivity contribution < 1.29 is 9.59 Å². The molecule has 2 amide bonds. The van der Waals surface area contributed by atoms with E-state index in [2.05, 4.69) is 10.6 Å². The van der Waals surface area contributed by atoms with Crippen LogP contribution in [0.1, 0.15) is 34.6 Å². The van der Waals surface area contributed by atoms with Crippen LogP contribution in [0.5, 0.6) is 0 Å². The Hall–Kier alpha value is -3.60. The second-order valence-electron chi connectivity index (χ2n) is 6.91. The number of anilines is 3. The SMILES string of the molecule is CC(=O)Nc1ccc(N2C(=O)c3ccccc3NC2c2ccc(C)cc2)cc1. The highest BCUT2D eigenvalue weighted by Gasteiger charge is 2.33. The number of carbonyl (C=O) groups is 2. The molecule has 3 aromatic carbocycles. The van der Waals surface area contributed by atoms with E-state index in [9.17, 15) is 9.59 Å². The van der Waals surface area contributed by atoms with Crippen molar-refractivity contribution in [2.45, 2.75) is 20.0 Å². The Labute approximate surface area is 164 Å². The standard InChI is InChI=1S/C23H21N3O2/c1-15-7-9-17(10-8-15)22-25-21-6-4-3-5-20(21)23(28)26(22)19-13-11-18(12-14-19)24-16(2)27/h3-14,22,25H,1-2H3,(H,24,27). The molecule has 0 saturated heterocycles. The molecule has 0 fully saturated rings. The van der Waals surface area contributed by atoms with Gasteiger partial charge < -0.3 is 10.6 Å². The van der Waals surface area contributed by atoms with Crippen LogP contribution in [-0.2, 0) is 4.79 Å². The monoisotopic (exact) mass is 371 g/mol. The molecule has 0 saturated carbocycles. The molecular weight excluding hydrogens is 350 g/mol. The van der Waals surface area contributed by atoms with Gasteiger partial charge in [0, 0.05) is 24.0 Å². The van der Waals surface area contributed by atoms with Gasteiger partial charge in [0.05, 0.1) is 5.56 Å². The number of para-hydroxylation sites is 1. The average Bonchev–Trinajstić information content (AvgIpc) is 2.69. The maximum absolute atomic E-state index is 13.3. The predicted molar refractivity (Wildman–Crippen MR) is 112 cm³/mol. The first-order valence-corrected chi connectivity index (χ1v) is 9.16. The van der Waals surface area contributed by atoms with Gasteiger partial charge in [0.15, 0.2) is 0 Å². The molecular formula is C23H21N3O2. The highest BCUT2D eigenvalue weighted by molar-refractivity contribution is 6.12. The molecule has 1 aliphatic heterocycles. The van der Waals surface area contributed by atoms with Crippen molar-refractivity contribution in [3.8, 4) is 0 Å². The van der Waals surface area contributed by atoms with E-state index in [0.29, 0.717) is 11.3 Å². The maximum atomic E-state index is 13.3. The number of nitrogens with one attached hydrogen (secondary N) is 2. The lowest BCUT2D eigenvalue weighted by atomic mass is 10.0. The summed E-state index contributed by atoms with van der Waals surface area (Å²) in [6, 6.07) is 23.0. The van der Waals surface area contributed by atoms with Gasteiger partial charge in [-0.1, -0.05) is 42.0 Å². The second kappa shape index (κ2) is 7.19. The van der Waals surface area contributed by atoms with Crippen LogP contribution in [0.3, 0.4) is 0 Å². The smallest absolute Gasteiger partial charge is 0.262 e. The number of benzene rings is 3. The Morgan fingerprint density at radius 3 is 2.32 bits per heavy atom. The van der Waals surface area contributed by atoms with E-state index in [-0.39, 0.29) is 18.0 Å². The summed E-state index contributed by atoms with van der Waals surface area (Å²) in [5, 5.41) is 6.25. The first-order valence-electron chi connectivity index (χ1n) is 9.16. The van der Waals surface area contributed by atoms with Gasteiger partial charge in [-0.25, -0.2) is 0 Å². The second-order valence-corrected chi connectivity index (χ2v) is 6.91. The summed E-state index contributed by atoms with van der Waals surface area (Å²) >= 11 is 0. The minimum atomic E-state index is -0.324. The van der Waals surface area contributed by atoms with Crippen LogP contribution in [-0.4, -0.2) is 11.8 Å². The quantitative estimate of drug-likeness (QED) is 0.700. The molecule has 0 aliphatic carbocycles. The van der Waals surface area contributed by atoms with Crippen molar-refractivity contribution in [1.29, 1.82) is 0 Å². The van der Waals surface area contributed by atoms with Crippen LogP contribution in [0.25, 0.3) is 0 Å². The van der Waals surface area contributed by atoms with Crippen molar-refractivity contribution in [2.75, 3.05) is 15.5 Å². The molecule has 140 valence electrons. The van der Waals surface area contributed by atoms with E-state index < -0.39 is 0 Å². The number of fused-ring (bicyclic) bond motifs is 1. The summed E-state index contributed by atoms with van der Waals surface area (Å²) in [7, 11) is 0. The normalized spacial score (nSPS) is 15.6. The first kappa shape index (κ1) is 17.8. The molecule has 2 N–H and O–H groups in total. The summed E-state index contributed by atoms with van der Waals surface area (Å²) in [4.78, 5) is 26.4. The predicted octanol–water partition coefficient (Wildman–Crippen LogP) is 4.72. The fourth-order valence-electron chi connectivity index (χ4n) is 3.41. The molecule has 3 aromatic rings. The topological polar surface area (TPSA) is 61.4 Å². The molecule has 1 aliphatic rings. The Bertz CT molecular complexity index is 1030.